The molecular formula is C14H19Cl3NO5PS. The molecule has 0 N–H and O–H groups in total. The minimum Gasteiger partial charge on any atom is -0.301 e. The molecule has 0 heterocycles. The second-order valence-electron chi connectivity index (χ2n) is 5.51. The summed E-state index contributed by atoms with van der Waals surface area (Å²) >= 11 is 17.5. The lowest BCUT2D eigenvalue weighted by Gasteiger charge is -2.26. The van der Waals surface area contributed by atoms with Gasteiger partial charge in [0.1, 0.15) is 0 Å². The highest BCUT2D eigenvalue weighted by Crippen LogP contribution is 2.58. The van der Waals surface area contributed by atoms with E-state index in [4.69, 9.17) is 43.9 Å². The van der Waals surface area contributed by atoms with Crippen molar-refractivity contribution in [1.82, 2.24) is 0 Å². The van der Waals surface area contributed by atoms with Gasteiger partial charge in [0, 0.05) is 0 Å². The van der Waals surface area contributed by atoms with Gasteiger partial charge in [0.25, 0.3) is 10.0 Å². The van der Waals surface area contributed by atoms with Crippen molar-refractivity contribution in [2.75, 3.05) is 0 Å². The predicted molar refractivity (Wildman–Crippen MR) is 101 cm³/mol. The van der Waals surface area contributed by atoms with Crippen LogP contribution >= 0.6 is 42.4 Å². The number of benzene rings is 1. The van der Waals surface area contributed by atoms with Crippen molar-refractivity contribution in [3.63, 3.8) is 0 Å². The number of halogens is 3. The van der Waals surface area contributed by atoms with Crippen LogP contribution in [0.3, 0.4) is 0 Å². The summed E-state index contributed by atoms with van der Waals surface area (Å²) in [6.07, 6.45) is -1.19. The van der Waals surface area contributed by atoms with E-state index in [1.807, 2.05) is 0 Å². The highest BCUT2D eigenvalue weighted by molar-refractivity contribution is 7.91. The van der Waals surface area contributed by atoms with E-state index in [1.165, 1.54) is 24.3 Å². The van der Waals surface area contributed by atoms with Crippen LogP contribution in [-0.2, 0) is 23.6 Å². The molecule has 1 aromatic carbocycles. The molecule has 0 aliphatic heterocycles. The lowest BCUT2D eigenvalue weighted by molar-refractivity contribution is 0.152. The first-order chi connectivity index (χ1) is 11.3. The summed E-state index contributed by atoms with van der Waals surface area (Å²) in [5.41, 5.74) is -0.809. The van der Waals surface area contributed by atoms with Crippen LogP contribution < -0.4 is 0 Å². The minimum atomic E-state index is -4.31. The van der Waals surface area contributed by atoms with Crippen LogP contribution in [0.5, 0.6) is 0 Å². The maximum Gasteiger partial charge on any atom is 0.381 e. The van der Waals surface area contributed by atoms with Gasteiger partial charge in [-0.2, -0.15) is 12.8 Å². The molecule has 11 heteroatoms. The van der Waals surface area contributed by atoms with Gasteiger partial charge in [-0.15, -0.1) is 0 Å². The van der Waals surface area contributed by atoms with E-state index >= 15 is 0 Å². The zero-order valence-electron chi connectivity index (χ0n) is 14.0. The van der Waals surface area contributed by atoms with Crippen molar-refractivity contribution in [2.45, 2.75) is 48.6 Å². The lowest BCUT2D eigenvalue weighted by atomic mass is 10.4. The number of sulfonamides is 1. The van der Waals surface area contributed by atoms with Crippen molar-refractivity contribution in [1.29, 1.82) is 0 Å². The molecule has 1 aromatic rings. The smallest absolute Gasteiger partial charge is 0.301 e. The SMILES string of the molecule is CC(C)OP(=O)(OC(C)C)C(=NS(=O)(=O)c1ccccc1)C(Cl)(Cl)Cl. The van der Waals surface area contributed by atoms with Gasteiger partial charge in [0.05, 0.1) is 17.1 Å². The topological polar surface area (TPSA) is 82.0 Å². The van der Waals surface area contributed by atoms with Gasteiger partial charge < -0.3 is 9.05 Å². The molecule has 0 saturated carbocycles. The Bertz CT molecular complexity index is 746. The summed E-state index contributed by atoms with van der Waals surface area (Å²) in [5, 5.41) is 0. The van der Waals surface area contributed by atoms with Gasteiger partial charge in [0.15, 0.2) is 5.45 Å². The second kappa shape index (κ2) is 8.70. The fraction of sp³-hybridized carbons (Fsp3) is 0.500. The van der Waals surface area contributed by atoms with E-state index in [0.29, 0.717) is 0 Å². The Morgan fingerprint density at radius 1 is 1.04 bits per heavy atom. The predicted octanol–water partition coefficient (Wildman–Crippen LogP) is 5.19. The van der Waals surface area contributed by atoms with Gasteiger partial charge >= 0.3 is 7.60 Å². The van der Waals surface area contributed by atoms with Gasteiger partial charge in [-0.1, -0.05) is 53.0 Å². The third kappa shape index (κ3) is 6.83. The van der Waals surface area contributed by atoms with Gasteiger partial charge in [-0.05, 0) is 39.8 Å². The quantitative estimate of drug-likeness (QED) is 0.324. The summed E-state index contributed by atoms with van der Waals surface area (Å²) in [6, 6.07) is 7.27. The van der Waals surface area contributed by atoms with E-state index in [0.717, 1.165) is 0 Å². The highest BCUT2D eigenvalue weighted by atomic mass is 35.6. The molecule has 0 atom stereocenters. The fourth-order valence-electron chi connectivity index (χ4n) is 1.70. The number of rotatable bonds is 7. The summed E-state index contributed by atoms with van der Waals surface area (Å²) in [4.78, 5) is -0.151. The zero-order valence-corrected chi connectivity index (χ0v) is 18.0. The Hall–Kier alpha value is -0.140. The average Bonchev–Trinajstić information content (AvgIpc) is 2.42. The number of hydrogen-bond acceptors (Lipinski definition) is 5. The van der Waals surface area contributed by atoms with Crippen molar-refractivity contribution < 1.29 is 22.0 Å². The van der Waals surface area contributed by atoms with Crippen LogP contribution in [0.4, 0.5) is 0 Å². The third-order valence-electron chi connectivity index (χ3n) is 2.46. The molecule has 0 saturated heterocycles. The first kappa shape index (κ1) is 22.9. The van der Waals surface area contributed by atoms with Crippen molar-refractivity contribution in [2.24, 2.45) is 4.40 Å². The van der Waals surface area contributed by atoms with Crippen molar-refractivity contribution >= 4 is 57.9 Å². The van der Waals surface area contributed by atoms with Crippen LogP contribution in [0, 0.1) is 0 Å². The molecule has 0 amide bonds. The van der Waals surface area contributed by atoms with Gasteiger partial charge in [0.2, 0.25) is 3.79 Å². The van der Waals surface area contributed by atoms with Crippen molar-refractivity contribution in [3.05, 3.63) is 30.3 Å². The third-order valence-corrected chi connectivity index (χ3v) is 7.17. The van der Waals surface area contributed by atoms with E-state index in [1.54, 1.807) is 33.8 Å². The second-order valence-corrected chi connectivity index (χ2v) is 11.2. The van der Waals surface area contributed by atoms with Crippen LogP contribution in [0.2, 0.25) is 0 Å². The van der Waals surface area contributed by atoms with E-state index in [2.05, 4.69) is 4.40 Å². The maximum atomic E-state index is 13.2. The molecule has 0 spiro atoms. The zero-order chi connectivity index (χ0) is 19.5. The van der Waals surface area contributed by atoms with Crippen molar-refractivity contribution in [3.8, 4) is 0 Å². The maximum absolute atomic E-state index is 13.2. The van der Waals surface area contributed by atoms with Crippen LogP contribution in [0.15, 0.2) is 39.6 Å². The molecule has 0 aliphatic carbocycles. The summed E-state index contributed by atoms with van der Waals surface area (Å²) in [6.45, 7) is 6.33. The Morgan fingerprint density at radius 3 is 1.84 bits per heavy atom. The Kier molecular flexibility index (Phi) is 7.97. The standard InChI is InChI=1S/C14H19Cl3NO5PS/c1-10(2)22-24(19,23-11(3)4)13(14(15,16)17)18-25(20,21)12-8-6-5-7-9-12/h5-11H,1-4H3. The highest BCUT2D eigenvalue weighted by Gasteiger charge is 2.47. The average molecular weight is 451 g/mol. The lowest BCUT2D eigenvalue weighted by Crippen LogP contribution is -2.26. The first-order valence-electron chi connectivity index (χ1n) is 7.22. The molecule has 0 radical (unpaired) electrons. The Labute approximate surface area is 163 Å². The first-order valence-corrected chi connectivity index (χ1v) is 11.3. The molecule has 0 bridgehead atoms. The summed E-state index contributed by atoms with van der Waals surface area (Å²) in [7, 11) is -8.60. The molecule has 25 heavy (non-hydrogen) atoms. The van der Waals surface area contributed by atoms with E-state index < -0.39 is 39.1 Å². The monoisotopic (exact) mass is 449 g/mol. The number of nitrogens with zero attached hydrogens (tertiary/aromatic N) is 1. The van der Waals surface area contributed by atoms with E-state index in [-0.39, 0.29) is 4.90 Å². The number of alkyl halides is 3. The molecule has 0 fully saturated rings. The molecular weight excluding hydrogens is 432 g/mol. The number of hydrogen-bond donors (Lipinski definition) is 0. The molecule has 6 nitrogen and oxygen atoms in total. The van der Waals surface area contributed by atoms with Gasteiger partial charge in [-0.3, -0.25) is 4.57 Å². The molecule has 0 unspecified atom stereocenters. The molecule has 0 aliphatic rings. The van der Waals surface area contributed by atoms with Crippen LogP contribution in [-0.4, -0.2) is 29.9 Å². The minimum absolute atomic E-state index is 0.151. The Balaban J connectivity index is 3.58. The molecule has 1 rings (SSSR count). The largest absolute Gasteiger partial charge is 0.381 e. The fourth-order valence-corrected chi connectivity index (χ4v) is 6.27. The normalized spacial score (nSPS) is 14.4. The summed E-state index contributed by atoms with van der Waals surface area (Å²) in [5.74, 6) is 0. The molecule has 0 aromatic heterocycles. The Morgan fingerprint density at radius 2 is 1.48 bits per heavy atom. The summed E-state index contributed by atoms with van der Waals surface area (Å²) < 4.78 is 49.9. The van der Waals surface area contributed by atoms with Crippen LogP contribution in [0.25, 0.3) is 0 Å². The molecule has 142 valence electrons. The van der Waals surface area contributed by atoms with Gasteiger partial charge in [-0.25, -0.2) is 0 Å². The van der Waals surface area contributed by atoms with Crippen LogP contribution in [0.1, 0.15) is 27.7 Å². The van der Waals surface area contributed by atoms with E-state index in [9.17, 15) is 13.0 Å².